The Balaban J connectivity index is 1.25. The van der Waals surface area contributed by atoms with Crippen LogP contribution in [-0.2, 0) is 5.41 Å². The maximum Gasteiger partial charge on any atom is 0.0780 e. The van der Waals surface area contributed by atoms with Gasteiger partial charge in [-0.05, 0) is 67.9 Å². The minimum Gasteiger partial charge on any atom is -0.256 e. The van der Waals surface area contributed by atoms with Gasteiger partial charge >= 0.3 is 0 Å². The standard InChI is InChI=1S/C43H30N2/c1-43(2)36-18-6-5-16-35(36)42-40(43)38(39-33-15-4-3-10-28(33)23-24-37(39)45-42)32-13-7-12-31(26-32)27-19-21-29(22-20-27)34-17-8-11-30-14-9-25-44-41(30)34/h3-26H,1-2H3. The molecule has 2 aromatic heterocycles. The molecule has 1 aliphatic rings. The number of hydrogen-bond donors (Lipinski definition) is 0. The summed E-state index contributed by atoms with van der Waals surface area (Å²) in [4.78, 5) is 10.0. The molecular weight excluding hydrogens is 544 g/mol. The van der Waals surface area contributed by atoms with Gasteiger partial charge in [0.25, 0.3) is 0 Å². The summed E-state index contributed by atoms with van der Waals surface area (Å²) in [5, 5.41) is 4.85. The molecule has 0 N–H and O–H groups in total. The van der Waals surface area contributed by atoms with Gasteiger partial charge in [-0.1, -0.05) is 135 Å². The molecule has 2 nitrogen and oxygen atoms in total. The molecule has 212 valence electrons. The molecule has 45 heavy (non-hydrogen) atoms. The number of pyridine rings is 2. The summed E-state index contributed by atoms with van der Waals surface area (Å²) in [6.07, 6.45) is 1.87. The van der Waals surface area contributed by atoms with Crippen molar-refractivity contribution in [3.8, 4) is 44.6 Å². The highest BCUT2D eigenvalue weighted by Crippen LogP contribution is 2.54. The molecule has 0 saturated carbocycles. The quantitative estimate of drug-likeness (QED) is 0.196. The molecule has 0 bridgehead atoms. The van der Waals surface area contributed by atoms with Crippen LogP contribution >= 0.6 is 0 Å². The highest BCUT2D eigenvalue weighted by Gasteiger charge is 2.39. The molecule has 0 radical (unpaired) electrons. The third-order valence-electron chi connectivity index (χ3n) is 9.67. The molecule has 0 unspecified atom stereocenters. The molecule has 1 aliphatic carbocycles. The van der Waals surface area contributed by atoms with Crippen LogP contribution in [0.5, 0.6) is 0 Å². The van der Waals surface area contributed by atoms with E-state index in [9.17, 15) is 0 Å². The predicted molar refractivity (Wildman–Crippen MR) is 188 cm³/mol. The lowest BCUT2D eigenvalue weighted by molar-refractivity contribution is 0.662. The molecule has 6 aromatic carbocycles. The lowest BCUT2D eigenvalue weighted by atomic mass is 9.77. The highest BCUT2D eigenvalue weighted by atomic mass is 14.7. The summed E-state index contributed by atoms with van der Waals surface area (Å²) in [6.45, 7) is 4.70. The van der Waals surface area contributed by atoms with Gasteiger partial charge in [0.1, 0.15) is 0 Å². The van der Waals surface area contributed by atoms with E-state index in [1.165, 1.54) is 60.7 Å². The number of nitrogens with zero attached hydrogens (tertiary/aromatic N) is 2. The summed E-state index contributed by atoms with van der Waals surface area (Å²) in [6, 6.07) is 50.4. The summed E-state index contributed by atoms with van der Waals surface area (Å²) in [5.74, 6) is 0. The Morgan fingerprint density at radius 2 is 1.24 bits per heavy atom. The largest absolute Gasteiger partial charge is 0.256 e. The van der Waals surface area contributed by atoms with Crippen LogP contribution in [0.25, 0.3) is 77.2 Å². The fourth-order valence-corrected chi connectivity index (χ4v) is 7.53. The first-order valence-electron chi connectivity index (χ1n) is 15.6. The smallest absolute Gasteiger partial charge is 0.0780 e. The highest BCUT2D eigenvalue weighted by molar-refractivity contribution is 6.16. The van der Waals surface area contributed by atoms with E-state index in [-0.39, 0.29) is 5.41 Å². The first-order valence-corrected chi connectivity index (χ1v) is 15.6. The Morgan fingerprint density at radius 3 is 2.16 bits per heavy atom. The van der Waals surface area contributed by atoms with Crippen molar-refractivity contribution >= 4 is 32.6 Å². The van der Waals surface area contributed by atoms with Gasteiger partial charge in [-0.15, -0.1) is 0 Å². The van der Waals surface area contributed by atoms with Crippen LogP contribution in [0.4, 0.5) is 0 Å². The predicted octanol–water partition coefficient (Wildman–Crippen LogP) is 11.2. The van der Waals surface area contributed by atoms with Crippen molar-refractivity contribution in [1.29, 1.82) is 0 Å². The van der Waals surface area contributed by atoms with Crippen molar-refractivity contribution in [1.82, 2.24) is 9.97 Å². The van der Waals surface area contributed by atoms with E-state index in [0.29, 0.717) is 0 Å². The first kappa shape index (κ1) is 25.9. The van der Waals surface area contributed by atoms with Crippen molar-refractivity contribution in [2.24, 2.45) is 0 Å². The van der Waals surface area contributed by atoms with Crippen LogP contribution in [0.1, 0.15) is 25.0 Å². The summed E-state index contributed by atoms with van der Waals surface area (Å²) >= 11 is 0. The molecule has 8 aromatic rings. The number of para-hydroxylation sites is 1. The topological polar surface area (TPSA) is 25.8 Å². The zero-order valence-electron chi connectivity index (χ0n) is 25.3. The third kappa shape index (κ3) is 3.89. The average molecular weight is 575 g/mol. The molecule has 0 amide bonds. The second-order valence-corrected chi connectivity index (χ2v) is 12.6. The SMILES string of the molecule is CC1(C)c2ccccc2-c2nc3ccc4ccccc4c3c(-c3cccc(-c4ccc(-c5cccc6cccnc56)cc4)c3)c21. The second kappa shape index (κ2) is 9.70. The van der Waals surface area contributed by atoms with Gasteiger partial charge in [-0.25, -0.2) is 4.98 Å². The molecule has 0 aliphatic heterocycles. The minimum atomic E-state index is -0.191. The molecule has 9 rings (SSSR count). The molecular formula is C43H30N2. The Bertz CT molecular complexity index is 2450. The normalized spacial score (nSPS) is 13.3. The Morgan fingerprint density at radius 1 is 0.533 bits per heavy atom. The lowest BCUT2D eigenvalue weighted by Gasteiger charge is -2.26. The number of fused-ring (bicyclic) bond motifs is 7. The Labute approximate surface area is 262 Å². The molecule has 0 fully saturated rings. The number of benzene rings is 6. The van der Waals surface area contributed by atoms with E-state index in [4.69, 9.17) is 4.98 Å². The van der Waals surface area contributed by atoms with Crippen LogP contribution in [0, 0.1) is 0 Å². The van der Waals surface area contributed by atoms with E-state index in [1.54, 1.807) is 0 Å². The summed E-state index contributed by atoms with van der Waals surface area (Å²) in [7, 11) is 0. The van der Waals surface area contributed by atoms with Gasteiger partial charge in [0.2, 0.25) is 0 Å². The fraction of sp³-hybridized carbons (Fsp3) is 0.0698. The fourth-order valence-electron chi connectivity index (χ4n) is 7.53. The van der Waals surface area contributed by atoms with Gasteiger partial charge in [0.15, 0.2) is 0 Å². The van der Waals surface area contributed by atoms with Crippen LogP contribution in [-0.4, -0.2) is 9.97 Å². The van der Waals surface area contributed by atoms with Gasteiger partial charge in [0.05, 0.1) is 16.7 Å². The van der Waals surface area contributed by atoms with Crippen molar-refractivity contribution in [3.05, 3.63) is 157 Å². The summed E-state index contributed by atoms with van der Waals surface area (Å²) < 4.78 is 0. The molecule has 0 atom stereocenters. The van der Waals surface area contributed by atoms with Gasteiger partial charge in [0, 0.05) is 33.5 Å². The van der Waals surface area contributed by atoms with Crippen LogP contribution in [0.2, 0.25) is 0 Å². The third-order valence-corrected chi connectivity index (χ3v) is 9.67. The van der Waals surface area contributed by atoms with Crippen LogP contribution in [0.15, 0.2) is 146 Å². The number of hydrogen-bond acceptors (Lipinski definition) is 2. The molecule has 0 spiro atoms. The molecule has 2 heterocycles. The van der Waals surface area contributed by atoms with Crippen molar-refractivity contribution in [2.45, 2.75) is 19.3 Å². The Hall–Kier alpha value is -5.60. The van der Waals surface area contributed by atoms with Gasteiger partial charge in [-0.3, -0.25) is 4.98 Å². The van der Waals surface area contributed by atoms with E-state index >= 15 is 0 Å². The lowest BCUT2D eigenvalue weighted by Crippen LogP contribution is -2.16. The second-order valence-electron chi connectivity index (χ2n) is 12.6. The van der Waals surface area contributed by atoms with Gasteiger partial charge < -0.3 is 0 Å². The van der Waals surface area contributed by atoms with Gasteiger partial charge in [-0.2, -0.15) is 0 Å². The average Bonchev–Trinajstić information content (AvgIpc) is 3.33. The maximum atomic E-state index is 5.36. The number of aromatic nitrogens is 2. The van der Waals surface area contributed by atoms with Crippen molar-refractivity contribution in [2.75, 3.05) is 0 Å². The van der Waals surface area contributed by atoms with E-state index in [0.717, 1.165) is 27.7 Å². The molecule has 0 saturated heterocycles. The molecule has 2 heteroatoms. The Kier molecular flexibility index (Phi) is 5.58. The summed E-state index contributed by atoms with van der Waals surface area (Å²) in [5.41, 5.74) is 14.1. The number of rotatable bonds is 3. The zero-order valence-corrected chi connectivity index (χ0v) is 25.3. The minimum absolute atomic E-state index is 0.191. The van der Waals surface area contributed by atoms with Crippen molar-refractivity contribution in [3.63, 3.8) is 0 Å². The van der Waals surface area contributed by atoms with E-state index in [1.807, 2.05) is 12.3 Å². The van der Waals surface area contributed by atoms with E-state index < -0.39 is 0 Å². The van der Waals surface area contributed by atoms with E-state index in [2.05, 4.69) is 152 Å². The first-order chi connectivity index (χ1) is 22.1. The zero-order chi connectivity index (χ0) is 30.1. The van der Waals surface area contributed by atoms with Crippen molar-refractivity contribution < 1.29 is 0 Å². The monoisotopic (exact) mass is 574 g/mol. The maximum absolute atomic E-state index is 5.36. The van der Waals surface area contributed by atoms with Crippen LogP contribution < -0.4 is 0 Å². The van der Waals surface area contributed by atoms with Crippen LogP contribution in [0.3, 0.4) is 0 Å².